The Morgan fingerprint density at radius 2 is 1.42 bits per heavy atom. The summed E-state index contributed by atoms with van der Waals surface area (Å²) in [5.74, 6) is 3.30. The molecule has 4 aromatic rings. The lowest BCUT2D eigenvalue weighted by Crippen LogP contribution is -2.10. The Morgan fingerprint density at radius 3 is 2.16 bits per heavy atom. The van der Waals surface area contributed by atoms with Crippen LogP contribution in [0.5, 0.6) is 23.0 Å². The average molecular weight is 516 g/mol. The molecule has 0 saturated heterocycles. The summed E-state index contributed by atoms with van der Waals surface area (Å²) < 4.78 is 28.7. The zero-order chi connectivity index (χ0) is 26.9. The molecule has 7 nitrogen and oxygen atoms in total. The summed E-state index contributed by atoms with van der Waals surface area (Å²) in [7, 11) is 0. The van der Waals surface area contributed by atoms with Crippen molar-refractivity contribution in [3.63, 3.8) is 0 Å². The highest BCUT2D eigenvalue weighted by atomic mass is 16.5. The lowest BCUT2D eigenvalue weighted by atomic mass is 10.1. The van der Waals surface area contributed by atoms with Gasteiger partial charge in [-0.2, -0.15) is 0 Å². The first-order valence-electron chi connectivity index (χ1n) is 12.7. The van der Waals surface area contributed by atoms with Crippen LogP contribution in [0, 0.1) is 13.8 Å². The quantitative estimate of drug-likeness (QED) is 0.217. The Morgan fingerprint density at radius 1 is 0.711 bits per heavy atom. The number of carbonyl (C=O) groups is 1. The number of furan rings is 1. The van der Waals surface area contributed by atoms with Crippen LogP contribution in [0.3, 0.4) is 0 Å². The van der Waals surface area contributed by atoms with Gasteiger partial charge in [0.05, 0.1) is 13.2 Å². The van der Waals surface area contributed by atoms with Gasteiger partial charge in [0.15, 0.2) is 17.3 Å². The molecule has 7 heteroatoms. The number of benzene rings is 3. The van der Waals surface area contributed by atoms with Gasteiger partial charge in [-0.15, -0.1) is 0 Å². The predicted octanol–water partition coefficient (Wildman–Crippen LogP) is 7.10. The first-order valence-corrected chi connectivity index (χ1v) is 12.7. The van der Waals surface area contributed by atoms with E-state index in [-0.39, 0.29) is 18.3 Å². The molecular weight excluding hydrogens is 482 g/mol. The summed E-state index contributed by atoms with van der Waals surface area (Å²) in [6.07, 6.45) is 0. The Bertz CT molecular complexity index is 1360. The molecule has 1 amide bonds. The number of rotatable bonds is 12. The zero-order valence-corrected chi connectivity index (χ0v) is 22.2. The van der Waals surface area contributed by atoms with Crippen molar-refractivity contribution in [2.45, 2.75) is 40.9 Å². The second-order valence-electron chi connectivity index (χ2n) is 8.71. The van der Waals surface area contributed by atoms with Crippen LogP contribution >= 0.6 is 0 Å². The Kier molecular flexibility index (Phi) is 8.93. The normalized spacial score (nSPS) is 10.6. The van der Waals surface area contributed by atoms with E-state index in [1.165, 1.54) is 5.56 Å². The van der Waals surface area contributed by atoms with Crippen LogP contribution < -0.4 is 24.3 Å². The van der Waals surface area contributed by atoms with Crippen molar-refractivity contribution >= 4 is 11.6 Å². The van der Waals surface area contributed by atoms with Gasteiger partial charge >= 0.3 is 0 Å². The maximum absolute atomic E-state index is 12.6. The van der Waals surface area contributed by atoms with Crippen molar-refractivity contribution in [3.05, 3.63) is 101 Å². The van der Waals surface area contributed by atoms with E-state index < -0.39 is 0 Å². The van der Waals surface area contributed by atoms with Gasteiger partial charge in [-0.25, -0.2) is 0 Å². The molecule has 0 radical (unpaired) electrons. The van der Waals surface area contributed by atoms with Gasteiger partial charge in [0.2, 0.25) is 0 Å². The Labute approximate surface area is 223 Å². The third kappa shape index (κ3) is 7.09. The number of nitrogens with one attached hydrogen (secondary N) is 1. The highest BCUT2D eigenvalue weighted by molar-refractivity contribution is 6.02. The van der Waals surface area contributed by atoms with Crippen LogP contribution in [0.25, 0.3) is 0 Å². The molecule has 4 rings (SSSR count). The number of aryl methyl sites for hydroxylation is 2. The molecule has 0 atom stereocenters. The fourth-order valence-corrected chi connectivity index (χ4v) is 3.71. The molecule has 38 heavy (non-hydrogen) atoms. The number of anilines is 1. The SMILES string of the molecule is CCOc1ccc(COc2ccc(NC(=O)c3ccc(COc4ccc(C)c(C)c4)o3)cc2)cc1OCC. The van der Waals surface area contributed by atoms with E-state index in [0.717, 1.165) is 22.6 Å². The average Bonchev–Trinajstić information content (AvgIpc) is 3.40. The van der Waals surface area contributed by atoms with E-state index in [1.807, 2.05) is 57.2 Å². The molecule has 1 aromatic heterocycles. The molecule has 198 valence electrons. The minimum Gasteiger partial charge on any atom is -0.490 e. The number of carbonyl (C=O) groups excluding carboxylic acids is 1. The summed E-state index contributed by atoms with van der Waals surface area (Å²) >= 11 is 0. The number of hydrogen-bond donors (Lipinski definition) is 1. The molecule has 1 heterocycles. The molecule has 0 unspecified atom stereocenters. The third-order valence-corrected chi connectivity index (χ3v) is 5.87. The molecular formula is C31H33NO6. The largest absolute Gasteiger partial charge is 0.490 e. The summed E-state index contributed by atoms with van der Waals surface area (Å²) in [6.45, 7) is 9.70. The van der Waals surface area contributed by atoms with Gasteiger partial charge in [-0.05, 0) is 105 Å². The Hall–Kier alpha value is -4.39. The monoisotopic (exact) mass is 515 g/mol. The van der Waals surface area contributed by atoms with E-state index in [0.29, 0.717) is 42.8 Å². The van der Waals surface area contributed by atoms with Crippen LogP contribution in [0.4, 0.5) is 5.69 Å². The third-order valence-electron chi connectivity index (χ3n) is 5.87. The summed E-state index contributed by atoms with van der Waals surface area (Å²) in [6, 6.07) is 22.2. The first kappa shape index (κ1) is 26.7. The standard InChI is InChI=1S/C31H33NO6/c1-5-34-28-15-8-23(18-30(28)35-6-2)19-36-25-12-9-24(10-13-25)32-31(33)29-16-14-27(38-29)20-37-26-11-7-21(3)22(4)17-26/h7-18H,5-6,19-20H2,1-4H3,(H,32,33). The Balaban J connectivity index is 1.28. The van der Waals surface area contributed by atoms with E-state index in [2.05, 4.69) is 12.2 Å². The number of hydrogen-bond acceptors (Lipinski definition) is 6. The molecule has 0 aliphatic rings. The first-order chi connectivity index (χ1) is 18.4. The van der Waals surface area contributed by atoms with Gasteiger partial charge in [-0.1, -0.05) is 12.1 Å². The second-order valence-corrected chi connectivity index (χ2v) is 8.71. The van der Waals surface area contributed by atoms with Gasteiger partial charge in [-0.3, -0.25) is 4.79 Å². The molecule has 0 bridgehead atoms. The fourth-order valence-electron chi connectivity index (χ4n) is 3.71. The molecule has 0 aliphatic heterocycles. The van der Waals surface area contributed by atoms with E-state index >= 15 is 0 Å². The predicted molar refractivity (Wildman–Crippen MR) is 146 cm³/mol. The topological polar surface area (TPSA) is 79.2 Å². The van der Waals surface area contributed by atoms with Crippen LogP contribution in [0.1, 0.15) is 46.9 Å². The lowest BCUT2D eigenvalue weighted by molar-refractivity contribution is 0.0992. The molecule has 1 N–H and O–H groups in total. The van der Waals surface area contributed by atoms with Gasteiger partial charge < -0.3 is 28.7 Å². The molecule has 0 spiro atoms. The van der Waals surface area contributed by atoms with Gasteiger partial charge in [0.1, 0.15) is 30.5 Å². The fraction of sp³-hybridized carbons (Fsp3) is 0.258. The van der Waals surface area contributed by atoms with Crippen molar-refractivity contribution in [1.82, 2.24) is 0 Å². The highest BCUT2D eigenvalue weighted by Gasteiger charge is 2.13. The summed E-state index contributed by atoms with van der Waals surface area (Å²) in [5, 5.41) is 2.84. The van der Waals surface area contributed by atoms with Crippen molar-refractivity contribution in [2.75, 3.05) is 18.5 Å². The maximum atomic E-state index is 12.6. The van der Waals surface area contributed by atoms with Crippen LogP contribution in [-0.2, 0) is 13.2 Å². The van der Waals surface area contributed by atoms with Gasteiger partial charge in [0.25, 0.3) is 5.91 Å². The zero-order valence-electron chi connectivity index (χ0n) is 22.2. The summed E-state index contributed by atoms with van der Waals surface area (Å²) in [5.41, 5.74) is 3.96. The van der Waals surface area contributed by atoms with E-state index in [1.54, 1.807) is 36.4 Å². The molecule has 0 aliphatic carbocycles. The molecule has 0 saturated carbocycles. The molecule has 3 aromatic carbocycles. The van der Waals surface area contributed by atoms with Crippen molar-refractivity contribution < 1.29 is 28.2 Å². The maximum Gasteiger partial charge on any atom is 0.291 e. The summed E-state index contributed by atoms with van der Waals surface area (Å²) in [4.78, 5) is 12.6. The van der Waals surface area contributed by atoms with E-state index in [4.69, 9.17) is 23.4 Å². The van der Waals surface area contributed by atoms with Crippen LogP contribution in [0.2, 0.25) is 0 Å². The van der Waals surface area contributed by atoms with E-state index in [9.17, 15) is 4.79 Å². The van der Waals surface area contributed by atoms with Crippen molar-refractivity contribution in [3.8, 4) is 23.0 Å². The second kappa shape index (κ2) is 12.7. The van der Waals surface area contributed by atoms with Crippen LogP contribution in [-0.4, -0.2) is 19.1 Å². The number of ether oxygens (including phenoxy) is 4. The highest BCUT2D eigenvalue weighted by Crippen LogP contribution is 2.29. The van der Waals surface area contributed by atoms with Gasteiger partial charge in [0, 0.05) is 5.69 Å². The lowest BCUT2D eigenvalue weighted by Gasteiger charge is -2.13. The minimum absolute atomic E-state index is 0.213. The smallest absolute Gasteiger partial charge is 0.291 e. The minimum atomic E-state index is -0.339. The number of amides is 1. The van der Waals surface area contributed by atoms with Crippen LogP contribution in [0.15, 0.2) is 77.2 Å². The van der Waals surface area contributed by atoms with Crippen molar-refractivity contribution in [1.29, 1.82) is 0 Å². The molecule has 0 fully saturated rings. The van der Waals surface area contributed by atoms with Crippen molar-refractivity contribution in [2.24, 2.45) is 0 Å².